The molecule has 16 heavy (non-hydrogen) atoms. The second-order valence-electron chi connectivity index (χ2n) is 3.67. The van der Waals surface area contributed by atoms with Crippen molar-refractivity contribution in [2.45, 2.75) is 12.5 Å². The van der Waals surface area contributed by atoms with Gasteiger partial charge < -0.3 is 10.8 Å². The highest BCUT2D eigenvalue weighted by molar-refractivity contribution is 5.85. The van der Waals surface area contributed by atoms with Crippen LogP contribution in [0.25, 0.3) is 10.8 Å². The summed E-state index contributed by atoms with van der Waals surface area (Å²) < 4.78 is 0. The topological polar surface area (TPSA) is 76.2 Å². The van der Waals surface area contributed by atoms with E-state index in [1.165, 1.54) is 0 Å². The minimum atomic E-state index is -0.993. The molecule has 82 valence electrons. The van der Waals surface area contributed by atoms with Gasteiger partial charge in [-0.3, -0.25) is 9.78 Å². The first-order chi connectivity index (χ1) is 7.68. The van der Waals surface area contributed by atoms with Gasteiger partial charge in [-0.25, -0.2) is 0 Å². The van der Waals surface area contributed by atoms with E-state index < -0.39 is 12.0 Å². The van der Waals surface area contributed by atoms with Crippen molar-refractivity contribution in [1.82, 2.24) is 4.98 Å². The Balaban J connectivity index is 2.41. The molecule has 2 rings (SSSR count). The van der Waals surface area contributed by atoms with Crippen molar-refractivity contribution in [1.29, 1.82) is 0 Å². The van der Waals surface area contributed by atoms with E-state index in [0.29, 0.717) is 6.42 Å². The molecular formula is C12H12N2O2. The van der Waals surface area contributed by atoms with E-state index in [1.54, 1.807) is 12.4 Å². The van der Waals surface area contributed by atoms with Crippen molar-refractivity contribution in [3.63, 3.8) is 0 Å². The first-order valence-electron chi connectivity index (χ1n) is 4.98. The van der Waals surface area contributed by atoms with Gasteiger partial charge in [0.25, 0.3) is 0 Å². The highest BCUT2D eigenvalue weighted by Gasteiger charge is 2.13. The van der Waals surface area contributed by atoms with Crippen molar-refractivity contribution in [3.8, 4) is 0 Å². The van der Waals surface area contributed by atoms with Crippen molar-refractivity contribution in [2.24, 2.45) is 5.73 Å². The molecule has 1 atom stereocenters. The zero-order chi connectivity index (χ0) is 11.5. The zero-order valence-electron chi connectivity index (χ0n) is 8.63. The molecule has 1 heterocycles. The van der Waals surface area contributed by atoms with Crippen LogP contribution in [-0.4, -0.2) is 22.1 Å². The molecule has 0 spiro atoms. The van der Waals surface area contributed by atoms with Gasteiger partial charge in [-0.15, -0.1) is 0 Å². The summed E-state index contributed by atoms with van der Waals surface area (Å²) in [7, 11) is 0. The Morgan fingerprint density at radius 2 is 2.12 bits per heavy atom. The van der Waals surface area contributed by atoms with E-state index in [-0.39, 0.29) is 0 Å². The van der Waals surface area contributed by atoms with E-state index >= 15 is 0 Å². The van der Waals surface area contributed by atoms with E-state index in [1.807, 2.05) is 24.3 Å². The lowest BCUT2D eigenvalue weighted by molar-refractivity contribution is -0.138. The number of fused-ring (bicyclic) bond motifs is 1. The summed E-state index contributed by atoms with van der Waals surface area (Å²) in [6, 6.07) is 6.84. The Kier molecular flexibility index (Phi) is 2.83. The third-order valence-corrected chi connectivity index (χ3v) is 2.51. The standard InChI is InChI=1S/C12H12N2O2/c13-11(12(15)16)5-9-7-14-6-8-3-1-2-4-10(8)9/h1-4,6-7,11H,5,13H2,(H,15,16). The highest BCUT2D eigenvalue weighted by atomic mass is 16.4. The number of nitrogens with zero attached hydrogens (tertiary/aromatic N) is 1. The smallest absolute Gasteiger partial charge is 0.320 e. The van der Waals surface area contributed by atoms with Gasteiger partial charge in [0.1, 0.15) is 6.04 Å². The van der Waals surface area contributed by atoms with Crippen LogP contribution in [0.2, 0.25) is 0 Å². The lowest BCUT2D eigenvalue weighted by Crippen LogP contribution is -2.32. The summed E-state index contributed by atoms with van der Waals surface area (Å²) in [5, 5.41) is 10.8. The molecule has 0 radical (unpaired) electrons. The Morgan fingerprint density at radius 3 is 2.88 bits per heavy atom. The quantitative estimate of drug-likeness (QED) is 0.808. The summed E-state index contributed by atoms with van der Waals surface area (Å²) in [5.74, 6) is -0.993. The van der Waals surface area contributed by atoms with Gasteiger partial charge in [-0.2, -0.15) is 0 Å². The van der Waals surface area contributed by atoms with E-state index in [4.69, 9.17) is 10.8 Å². The first-order valence-corrected chi connectivity index (χ1v) is 4.98. The molecule has 1 aromatic carbocycles. The predicted molar refractivity (Wildman–Crippen MR) is 61.1 cm³/mol. The van der Waals surface area contributed by atoms with Crippen LogP contribution in [0.4, 0.5) is 0 Å². The van der Waals surface area contributed by atoms with Gasteiger partial charge in [-0.05, 0) is 10.9 Å². The second kappa shape index (κ2) is 4.28. The van der Waals surface area contributed by atoms with E-state index in [2.05, 4.69) is 4.98 Å². The Labute approximate surface area is 92.7 Å². The van der Waals surface area contributed by atoms with Gasteiger partial charge in [0.15, 0.2) is 0 Å². The largest absolute Gasteiger partial charge is 0.480 e. The Morgan fingerprint density at radius 1 is 1.38 bits per heavy atom. The van der Waals surface area contributed by atoms with Crippen LogP contribution in [0.3, 0.4) is 0 Å². The van der Waals surface area contributed by atoms with E-state index in [9.17, 15) is 4.79 Å². The highest BCUT2D eigenvalue weighted by Crippen LogP contribution is 2.17. The fourth-order valence-electron chi connectivity index (χ4n) is 1.67. The molecule has 0 saturated heterocycles. The summed E-state index contributed by atoms with van der Waals surface area (Å²) >= 11 is 0. The number of carboxylic acid groups (broad SMARTS) is 1. The number of pyridine rings is 1. The van der Waals surface area contributed by atoms with Crippen LogP contribution in [0.5, 0.6) is 0 Å². The molecule has 0 saturated carbocycles. The lowest BCUT2D eigenvalue weighted by atomic mass is 10.0. The van der Waals surface area contributed by atoms with Gasteiger partial charge in [0.2, 0.25) is 0 Å². The summed E-state index contributed by atoms with van der Waals surface area (Å²) in [5.41, 5.74) is 6.38. The van der Waals surface area contributed by atoms with Crippen LogP contribution in [0, 0.1) is 0 Å². The van der Waals surface area contributed by atoms with Crippen LogP contribution in [0.15, 0.2) is 36.7 Å². The summed E-state index contributed by atoms with van der Waals surface area (Å²) in [4.78, 5) is 14.8. The van der Waals surface area contributed by atoms with Crippen LogP contribution < -0.4 is 5.73 Å². The molecule has 3 N–H and O–H groups in total. The minimum absolute atomic E-state index is 0.295. The van der Waals surface area contributed by atoms with Gasteiger partial charge in [0, 0.05) is 24.2 Å². The molecule has 1 aromatic heterocycles. The Bertz CT molecular complexity index is 520. The summed E-state index contributed by atoms with van der Waals surface area (Å²) in [6.45, 7) is 0. The normalized spacial score (nSPS) is 12.6. The van der Waals surface area contributed by atoms with Gasteiger partial charge in [-0.1, -0.05) is 24.3 Å². The molecule has 4 heteroatoms. The molecule has 0 aliphatic carbocycles. The lowest BCUT2D eigenvalue weighted by Gasteiger charge is -2.08. The van der Waals surface area contributed by atoms with Crippen molar-refractivity contribution in [2.75, 3.05) is 0 Å². The Hall–Kier alpha value is -1.94. The average Bonchev–Trinajstić information content (AvgIpc) is 2.29. The zero-order valence-corrected chi connectivity index (χ0v) is 8.63. The monoisotopic (exact) mass is 216 g/mol. The molecule has 1 unspecified atom stereocenters. The number of carbonyl (C=O) groups is 1. The second-order valence-corrected chi connectivity index (χ2v) is 3.67. The number of rotatable bonds is 3. The first kappa shape index (κ1) is 10.6. The molecule has 0 bridgehead atoms. The predicted octanol–water partition coefficient (Wildman–Crippen LogP) is 1.19. The number of carboxylic acids is 1. The molecule has 0 fully saturated rings. The third kappa shape index (κ3) is 2.01. The maximum Gasteiger partial charge on any atom is 0.320 e. The maximum absolute atomic E-state index is 10.7. The fourth-order valence-corrected chi connectivity index (χ4v) is 1.67. The molecule has 0 aliphatic rings. The number of benzene rings is 1. The maximum atomic E-state index is 10.7. The average molecular weight is 216 g/mol. The van der Waals surface area contributed by atoms with E-state index in [0.717, 1.165) is 16.3 Å². The molecule has 0 aliphatic heterocycles. The third-order valence-electron chi connectivity index (χ3n) is 2.51. The molecule has 0 amide bonds. The minimum Gasteiger partial charge on any atom is -0.480 e. The van der Waals surface area contributed by atoms with Crippen LogP contribution in [0.1, 0.15) is 5.56 Å². The number of nitrogens with two attached hydrogens (primary N) is 1. The molecule has 2 aromatic rings. The SMILES string of the molecule is NC(Cc1cncc2ccccc12)C(=O)O. The van der Waals surface area contributed by atoms with Crippen molar-refractivity contribution >= 4 is 16.7 Å². The molecular weight excluding hydrogens is 204 g/mol. The number of hydrogen-bond donors (Lipinski definition) is 2. The van der Waals surface area contributed by atoms with Crippen LogP contribution >= 0.6 is 0 Å². The van der Waals surface area contributed by atoms with Crippen molar-refractivity contribution in [3.05, 3.63) is 42.2 Å². The number of hydrogen-bond acceptors (Lipinski definition) is 3. The van der Waals surface area contributed by atoms with Gasteiger partial charge >= 0.3 is 5.97 Å². The summed E-state index contributed by atoms with van der Waals surface area (Å²) in [6.07, 6.45) is 3.72. The van der Waals surface area contributed by atoms with Crippen molar-refractivity contribution < 1.29 is 9.90 Å². The fraction of sp³-hybridized carbons (Fsp3) is 0.167. The van der Waals surface area contributed by atoms with Gasteiger partial charge in [0.05, 0.1) is 0 Å². The number of aliphatic carboxylic acids is 1. The number of aromatic nitrogens is 1. The van der Waals surface area contributed by atoms with Crippen LogP contribution in [-0.2, 0) is 11.2 Å². The molecule has 4 nitrogen and oxygen atoms in total.